The van der Waals surface area contributed by atoms with Gasteiger partial charge in [0.15, 0.2) is 0 Å². The number of nitrogens with one attached hydrogen (secondary N) is 1. The Labute approximate surface area is 289 Å². The fourth-order valence-electron chi connectivity index (χ4n) is 5.85. The molecule has 0 unspecified atom stereocenters. The van der Waals surface area contributed by atoms with E-state index in [4.69, 9.17) is 18.9 Å². The van der Waals surface area contributed by atoms with Gasteiger partial charge in [0.25, 0.3) is 6.43 Å². The Morgan fingerprint density at radius 3 is 2.44 bits per heavy atom. The molecule has 1 aliphatic carbocycles. The van der Waals surface area contributed by atoms with Crippen molar-refractivity contribution < 1.29 is 42.4 Å². The average Bonchev–Trinajstić information content (AvgIpc) is 3.12. The highest BCUT2D eigenvalue weighted by Gasteiger charge is 2.39. The summed E-state index contributed by atoms with van der Waals surface area (Å²) in [7, 11) is 0. The summed E-state index contributed by atoms with van der Waals surface area (Å²) >= 11 is 0. The summed E-state index contributed by atoms with van der Waals surface area (Å²) < 4.78 is 46.6. The molecule has 0 aliphatic heterocycles. The minimum absolute atomic E-state index is 0.00297. The van der Waals surface area contributed by atoms with Gasteiger partial charge in [-0.1, -0.05) is 30.3 Å². The van der Waals surface area contributed by atoms with E-state index >= 15 is 0 Å². The molecule has 0 saturated heterocycles. The number of ether oxygens (including phenoxy) is 4. The highest BCUT2D eigenvalue weighted by Crippen LogP contribution is 2.41. The van der Waals surface area contributed by atoms with Crippen molar-refractivity contribution in [1.82, 2.24) is 15.0 Å². The highest BCUT2D eigenvalue weighted by molar-refractivity contribution is 5.72. The van der Waals surface area contributed by atoms with Crippen LogP contribution in [0.4, 0.5) is 25.2 Å². The van der Waals surface area contributed by atoms with Gasteiger partial charge >= 0.3 is 12.1 Å². The minimum Gasteiger partial charge on any atom is -0.432 e. The molecule has 0 amide bonds. The number of carbonyl (C=O) groups excluding carboxylic acids is 2. The maximum atomic E-state index is 13.1. The van der Waals surface area contributed by atoms with Crippen molar-refractivity contribution in [3.05, 3.63) is 102 Å². The van der Waals surface area contributed by atoms with Gasteiger partial charge in [-0.15, -0.1) is 0 Å². The van der Waals surface area contributed by atoms with Crippen LogP contribution in [0.1, 0.15) is 61.4 Å². The zero-order chi connectivity index (χ0) is 35.5. The number of halogens is 2. The summed E-state index contributed by atoms with van der Waals surface area (Å²) in [5.74, 6) is -0.306. The molecule has 264 valence electrons. The molecule has 1 saturated carbocycles. The number of nitrogens with zero attached hydrogens (tertiary/aromatic N) is 3. The molecule has 5 rings (SSSR count). The molecule has 50 heavy (non-hydrogen) atoms. The van der Waals surface area contributed by atoms with Crippen LogP contribution >= 0.6 is 0 Å². The second-order valence-corrected chi connectivity index (χ2v) is 12.3. The van der Waals surface area contributed by atoms with Crippen molar-refractivity contribution >= 4 is 23.8 Å². The zero-order valence-electron chi connectivity index (χ0n) is 27.9. The van der Waals surface area contributed by atoms with E-state index in [9.17, 15) is 23.5 Å². The molecular formula is C37H40F2N4O7. The number of alkyl halides is 2. The lowest BCUT2D eigenvalue weighted by Crippen LogP contribution is -2.37. The molecular weight excluding hydrogens is 650 g/mol. The third-order valence-corrected chi connectivity index (χ3v) is 8.63. The van der Waals surface area contributed by atoms with Crippen molar-refractivity contribution in [1.29, 1.82) is 0 Å². The average molecular weight is 691 g/mol. The number of benzene rings is 1. The molecule has 2 N–H and O–H groups in total. The van der Waals surface area contributed by atoms with Crippen LogP contribution in [-0.4, -0.2) is 52.2 Å². The molecule has 1 aromatic carbocycles. The van der Waals surface area contributed by atoms with Crippen LogP contribution in [0.3, 0.4) is 0 Å². The number of rotatable bonds is 14. The van der Waals surface area contributed by atoms with Crippen LogP contribution in [-0.2, 0) is 35.9 Å². The first-order valence-corrected chi connectivity index (χ1v) is 16.4. The summed E-state index contributed by atoms with van der Waals surface area (Å²) in [4.78, 5) is 37.7. The summed E-state index contributed by atoms with van der Waals surface area (Å²) in [5.41, 5.74) is 2.31. The van der Waals surface area contributed by atoms with Crippen molar-refractivity contribution in [3.63, 3.8) is 0 Å². The van der Waals surface area contributed by atoms with Crippen LogP contribution in [0, 0.1) is 18.8 Å². The van der Waals surface area contributed by atoms with Crippen LogP contribution in [0.25, 0.3) is 11.3 Å². The number of esters is 1. The van der Waals surface area contributed by atoms with Gasteiger partial charge in [0.1, 0.15) is 23.8 Å². The second-order valence-electron chi connectivity index (χ2n) is 12.3. The molecule has 13 heteroatoms. The third-order valence-electron chi connectivity index (χ3n) is 8.63. The fraction of sp³-hybridized carbons (Fsp3) is 0.378. The fourth-order valence-corrected chi connectivity index (χ4v) is 5.85. The molecule has 3 heterocycles. The molecule has 11 nitrogen and oxygen atoms in total. The standard InChI is InChI=1S/C37H40F2N4O7/c1-24-18-30(42-33(19-24)43-32-20-27(34(38)39)14-15-40-32)28-10-13-31(41-21-28)37(2,46)29-11-8-26(9-12-29)35(44)49-23-50-36(45)48-17-16-47-22-25-6-4-3-5-7-25/h3-7,10,13-15,18-21,26,29,34,46H,8-9,11-12,16-17,22-23H2,1-2H3,(H,40,42,43)/t26?,29?,37-/m1/s1. The maximum Gasteiger partial charge on any atom is 0.511 e. The number of aryl methyl sites for hydroxylation is 1. The number of hydrogen-bond acceptors (Lipinski definition) is 11. The van der Waals surface area contributed by atoms with E-state index < -0.39 is 30.9 Å². The van der Waals surface area contributed by atoms with Crippen LogP contribution < -0.4 is 5.32 Å². The molecule has 1 aliphatic rings. The minimum atomic E-state index is -2.61. The lowest BCUT2D eigenvalue weighted by atomic mass is 9.73. The lowest BCUT2D eigenvalue weighted by Gasteiger charge is -2.37. The van der Waals surface area contributed by atoms with E-state index in [1.165, 1.54) is 18.3 Å². The SMILES string of the molecule is Cc1cc(Nc2cc(C(F)F)ccn2)nc(-c2ccc([C@](C)(O)C3CCC(C(=O)OCOC(=O)OCCOCc4ccccc4)CC3)nc2)c1. The molecule has 3 aromatic heterocycles. The van der Waals surface area contributed by atoms with Crippen LogP contribution in [0.15, 0.2) is 79.1 Å². The Kier molecular flexibility index (Phi) is 12.4. The first-order chi connectivity index (χ1) is 24.1. The number of hydrogen-bond donors (Lipinski definition) is 2. The first kappa shape index (κ1) is 36.3. The van der Waals surface area contributed by atoms with E-state index in [-0.39, 0.29) is 36.4 Å². The predicted molar refractivity (Wildman–Crippen MR) is 179 cm³/mol. The monoisotopic (exact) mass is 690 g/mol. The molecule has 4 aromatic rings. The van der Waals surface area contributed by atoms with E-state index in [1.54, 1.807) is 25.3 Å². The summed E-state index contributed by atoms with van der Waals surface area (Å²) in [6, 6.07) is 19.4. The molecule has 0 bridgehead atoms. The van der Waals surface area contributed by atoms with E-state index in [0.29, 0.717) is 55.1 Å². The van der Waals surface area contributed by atoms with Crippen molar-refractivity contribution in [2.24, 2.45) is 11.8 Å². The largest absolute Gasteiger partial charge is 0.511 e. The quantitative estimate of drug-likeness (QED) is 0.0776. The van der Waals surface area contributed by atoms with Gasteiger partial charge in [0.2, 0.25) is 6.79 Å². The van der Waals surface area contributed by atoms with Gasteiger partial charge in [-0.25, -0.2) is 23.5 Å². The van der Waals surface area contributed by atoms with E-state index in [2.05, 4.69) is 20.3 Å². The topological polar surface area (TPSA) is 142 Å². The molecule has 1 atom stereocenters. The Morgan fingerprint density at radius 2 is 1.72 bits per heavy atom. The molecule has 0 spiro atoms. The Morgan fingerprint density at radius 1 is 0.940 bits per heavy atom. The van der Waals surface area contributed by atoms with Crippen molar-refractivity contribution in [2.75, 3.05) is 25.3 Å². The molecule has 0 radical (unpaired) electrons. The van der Waals surface area contributed by atoms with Gasteiger partial charge in [0.05, 0.1) is 30.5 Å². The molecule has 1 fully saturated rings. The number of aromatic nitrogens is 3. The van der Waals surface area contributed by atoms with Crippen LogP contribution in [0.5, 0.6) is 0 Å². The van der Waals surface area contributed by atoms with E-state index in [0.717, 1.165) is 11.1 Å². The Bertz CT molecular complexity index is 1720. The number of anilines is 2. The third kappa shape index (κ3) is 10.0. The van der Waals surface area contributed by atoms with Gasteiger partial charge in [-0.3, -0.25) is 9.78 Å². The van der Waals surface area contributed by atoms with Gasteiger partial charge in [-0.2, -0.15) is 0 Å². The first-order valence-electron chi connectivity index (χ1n) is 16.4. The summed E-state index contributed by atoms with van der Waals surface area (Å²) in [6.07, 6.45) is 1.52. The maximum absolute atomic E-state index is 13.1. The lowest BCUT2D eigenvalue weighted by molar-refractivity contribution is -0.160. The van der Waals surface area contributed by atoms with Crippen molar-refractivity contribution in [3.8, 4) is 11.3 Å². The summed E-state index contributed by atoms with van der Waals surface area (Å²) in [6.45, 7) is 3.66. The van der Waals surface area contributed by atoms with Gasteiger partial charge in [-0.05, 0) is 93.0 Å². The van der Waals surface area contributed by atoms with Crippen molar-refractivity contribution in [2.45, 2.75) is 58.2 Å². The number of aliphatic hydroxyl groups is 1. The van der Waals surface area contributed by atoms with Gasteiger partial charge in [0, 0.05) is 23.5 Å². The Balaban J connectivity index is 1.06. The summed E-state index contributed by atoms with van der Waals surface area (Å²) in [5, 5.41) is 14.5. The smallest absolute Gasteiger partial charge is 0.432 e. The predicted octanol–water partition coefficient (Wildman–Crippen LogP) is 7.41. The Hall–Kier alpha value is -5.01. The number of pyridine rings is 3. The van der Waals surface area contributed by atoms with Gasteiger partial charge < -0.3 is 29.4 Å². The van der Waals surface area contributed by atoms with Crippen LogP contribution in [0.2, 0.25) is 0 Å². The van der Waals surface area contributed by atoms with E-state index in [1.807, 2.05) is 49.4 Å². The highest BCUT2D eigenvalue weighted by atomic mass is 19.3. The second kappa shape index (κ2) is 17.1. The zero-order valence-corrected chi connectivity index (χ0v) is 27.9. The number of carbonyl (C=O) groups is 2. The normalized spacial score (nSPS) is 17.1.